The van der Waals surface area contributed by atoms with E-state index >= 15 is 0 Å². The van der Waals surface area contributed by atoms with E-state index in [1.807, 2.05) is 73.1 Å². The molecule has 0 atom stereocenters. The molecule has 0 N–H and O–H groups in total. The first-order chi connectivity index (χ1) is 25.9. The van der Waals surface area contributed by atoms with Crippen LogP contribution in [0.3, 0.4) is 0 Å². The number of hydrogen-bond acceptors (Lipinski definition) is 3. The Morgan fingerprint density at radius 3 is 1.98 bits per heavy atom. The van der Waals surface area contributed by atoms with Crippen LogP contribution < -0.4 is 4.74 Å². The van der Waals surface area contributed by atoms with Crippen molar-refractivity contribution in [1.82, 2.24) is 18.9 Å². The van der Waals surface area contributed by atoms with Crippen LogP contribution in [0.1, 0.15) is 50.7 Å². The molecule has 0 saturated heterocycles. The first-order valence-electron chi connectivity index (χ1n) is 17.8. The number of para-hydroxylation sites is 1. The van der Waals surface area contributed by atoms with Crippen LogP contribution in [0.5, 0.6) is 11.5 Å². The van der Waals surface area contributed by atoms with Crippen LogP contribution in [-0.2, 0) is 0 Å². The molecule has 7 heteroatoms. The van der Waals surface area contributed by atoms with Crippen LogP contribution in [0.25, 0.3) is 75.9 Å². The third-order valence-electron chi connectivity index (χ3n) is 10.2. The highest BCUT2D eigenvalue weighted by molar-refractivity contribution is 6.15. The van der Waals surface area contributed by atoms with Crippen LogP contribution in [0.2, 0.25) is 0 Å². The van der Waals surface area contributed by atoms with Gasteiger partial charge in [0.05, 0.1) is 36.1 Å². The molecular weight excluding hydrogens is 653 g/mol. The first-order valence-corrected chi connectivity index (χ1v) is 17.8. The monoisotopic (exact) mass is 686 g/mol. The highest BCUT2D eigenvalue weighted by atomic mass is 16.5. The van der Waals surface area contributed by atoms with E-state index < -0.39 is 0 Å². The van der Waals surface area contributed by atoms with Gasteiger partial charge in [0.1, 0.15) is 23.0 Å². The lowest BCUT2D eigenvalue weighted by Gasteiger charge is -2.20. The smallest absolute Gasteiger partial charge is 0.196 e. The fourth-order valence-corrected chi connectivity index (χ4v) is 7.84. The molecule has 0 spiro atoms. The minimum absolute atomic E-state index is 0.280. The van der Waals surface area contributed by atoms with Crippen molar-refractivity contribution < 1.29 is 4.74 Å². The second-order valence-corrected chi connectivity index (χ2v) is 14.0. The normalized spacial score (nSPS) is 11.7. The van der Waals surface area contributed by atoms with Crippen molar-refractivity contribution in [2.75, 3.05) is 0 Å². The molecule has 0 saturated carbocycles. The highest BCUT2D eigenvalue weighted by Gasteiger charge is 2.23. The summed E-state index contributed by atoms with van der Waals surface area (Å²) in [5.41, 5.74) is 8.94. The molecule has 0 bridgehead atoms. The molecule has 0 aliphatic heterocycles. The van der Waals surface area contributed by atoms with Gasteiger partial charge in [-0.15, -0.1) is 0 Å². The zero-order valence-corrected chi connectivity index (χ0v) is 29.8. The van der Waals surface area contributed by atoms with Crippen molar-refractivity contribution in [3.63, 3.8) is 0 Å². The fourth-order valence-electron chi connectivity index (χ4n) is 7.84. The second-order valence-electron chi connectivity index (χ2n) is 14.0. The Balaban J connectivity index is 1.28. The molecule has 53 heavy (non-hydrogen) atoms. The summed E-state index contributed by atoms with van der Waals surface area (Å²) in [4.78, 5) is 17.3. The van der Waals surface area contributed by atoms with Crippen LogP contribution in [-0.4, -0.2) is 18.9 Å². The standard InChI is InChI=1S/C46H34N6O/c1-27(2)31-13-11-14-32(28(3)4)45(31)43-26-50-46-37-22-29(17-19-33(37)36-24-38(47-5)39(48-6)25-42(36)52(43)46)53-30-18-20-35-34-12-7-8-15-40(34)51(41(35)23-30)44-16-9-10-21-49-44/h7-28H,1-4H3. The Morgan fingerprint density at radius 2 is 1.26 bits per heavy atom. The van der Waals surface area contributed by atoms with Gasteiger partial charge in [-0.25, -0.2) is 9.97 Å². The van der Waals surface area contributed by atoms with Crippen molar-refractivity contribution in [1.29, 1.82) is 0 Å². The van der Waals surface area contributed by atoms with Crippen molar-refractivity contribution in [2.45, 2.75) is 39.5 Å². The number of benzene rings is 5. The highest BCUT2D eigenvalue weighted by Crippen LogP contribution is 2.43. The molecule has 0 radical (unpaired) electrons. The first kappa shape index (κ1) is 32.0. The van der Waals surface area contributed by atoms with E-state index in [0.29, 0.717) is 22.9 Å². The lowest BCUT2D eigenvalue weighted by Crippen LogP contribution is -2.02. The van der Waals surface area contributed by atoms with Crippen LogP contribution in [0.4, 0.5) is 11.4 Å². The van der Waals surface area contributed by atoms with E-state index in [1.54, 1.807) is 0 Å². The third-order valence-corrected chi connectivity index (χ3v) is 10.2. The molecule has 254 valence electrons. The van der Waals surface area contributed by atoms with Crippen LogP contribution >= 0.6 is 0 Å². The van der Waals surface area contributed by atoms with Crippen molar-refractivity contribution >= 4 is 60.5 Å². The number of hydrogen-bond donors (Lipinski definition) is 0. The SMILES string of the molecule is [C-]#[N+]c1cc2c3ccc(Oc4ccc5c6ccccc6n(-c6ccccn6)c5c4)cc3c3ncc(-c4c(C(C)C)cccc4C(C)C)n3c2cc1[N+]#[C-]. The predicted molar refractivity (Wildman–Crippen MR) is 215 cm³/mol. The molecule has 4 aromatic heterocycles. The van der Waals surface area contributed by atoms with Gasteiger partial charge in [0.2, 0.25) is 0 Å². The summed E-state index contributed by atoms with van der Waals surface area (Å²) in [6, 6.07) is 36.8. The van der Waals surface area contributed by atoms with E-state index in [2.05, 4.69) is 99.9 Å². The van der Waals surface area contributed by atoms with Gasteiger partial charge in [0.15, 0.2) is 11.4 Å². The van der Waals surface area contributed by atoms with E-state index in [1.165, 1.54) is 11.1 Å². The number of rotatable bonds is 6. The lowest BCUT2D eigenvalue weighted by atomic mass is 9.87. The zero-order chi connectivity index (χ0) is 36.4. The molecule has 9 aromatic rings. The van der Waals surface area contributed by atoms with Crippen LogP contribution in [0.15, 0.2) is 122 Å². The molecule has 0 amide bonds. The number of aromatic nitrogens is 4. The Kier molecular flexibility index (Phi) is 7.46. The summed E-state index contributed by atoms with van der Waals surface area (Å²) in [7, 11) is 0. The molecule has 5 aromatic carbocycles. The maximum absolute atomic E-state index is 7.91. The molecule has 0 fully saturated rings. The summed E-state index contributed by atoms with van der Waals surface area (Å²) in [6.45, 7) is 24.7. The summed E-state index contributed by atoms with van der Waals surface area (Å²) in [5, 5.41) is 4.97. The van der Waals surface area contributed by atoms with E-state index in [9.17, 15) is 0 Å². The van der Waals surface area contributed by atoms with Gasteiger partial charge >= 0.3 is 0 Å². The Bertz CT molecular complexity index is 2980. The molecule has 7 nitrogen and oxygen atoms in total. The van der Waals surface area contributed by atoms with E-state index in [-0.39, 0.29) is 11.8 Å². The van der Waals surface area contributed by atoms with Crippen molar-refractivity contribution in [3.8, 4) is 28.6 Å². The number of ether oxygens (including phenoxy) is 1. The summed E-state index contributed by atoms with van der Waals surface area (Å²) >= 11 is 0. The Hall–Kier alpha value is -6.96. The van der Waals surface area contributed by atoms with Gasteiger partial charge in [-0.3, -0.25) is 18.7 Å². The Morgan fingerprint density at radius 1 is 0.585 bits per heavy atom. The quantitative estimate of drug-likeness (QED) is 0.129. The molecule has 0 aliphatic carbocycles. The van der Waals surface area contributed by atoms with Gasteiger partial charge in [-0.05, 0) is 88.3 Å². The van der Waals surface area contributed by atoms with Gasteiger partial charge in [0, 0.05) is 39.5 Å². The molecule has 0 unspecified atom stereocenters. The van der Waals surface area contributed by atoms with Crippen molar-refractivity contribution in [2.24, 2.45) is 0 Å². The maximum Gasteiger partial charge on any atom is 0.196 e. The number of pyridine rings is 2. The molecule has 9 rings (SSSR count). The Labute approximate surface area is 307 Å². The summed E-state index contributed by atoms with van der Waals surface area (Å²) in [6.07, 6.45) is 3.77. The molecule has 0 aliphatic rings. The lowest BCUT2D eigenvalue weighted by molar-refractivity contribution is 0.484. The van der Waals surface area contributed by atoms with Gasteiger partial charge in [0.25, 0.3) is 0 Å². The van der Waals surface area contributed by atoms with Crippen molar-refractivity contribution in [3.05, 3.63) is 156 Å². The average Bonchev–Trinajstić information content (AvgIpc) is 3.77. The van der Waals surface area contributed by atoms with Gasteiger partial charge in [-0.1, -0.05) is 76.2 Å². The average molecular weight is 687 g/mol. The fraction of sp³-hybridized carbons (Fsp3) is 0.130. The molecule has 4 heterocycles. The number of fused-ring (bicyclic) bond motifs is 9. The summed E-state index contributed by atoms with van der Waals surface area (Å²) < 4.78 is 11.0. The zero-order valence-electron chi connectivity index (χ0n) is 29.8. The predicted octanol–water partition coefficient (Wildman–Crippen LogP) is 12.9. The van der Waals surface area contributed by atoms with E-state index in [4.69, 9.17) is 22.9 Å². The van der Waals surface area contributed by atoms with Gasteiger partial charge < -0.3 is 4.74 Å². The van der Waals surface area contributed by atoms with E-state index in [0.717, 1.165) is 66.2 Å². The summed E-state index contributed by atoms with van der Waals surface area (Å²) in [5.74, 6) is 2.76. The number of nitrogens with zero attached hydrogens (tertiary/aromatic N) is 6. The topological polar surface area (TPSA) is 53.1 Å². The minimum atomic E-state index is 0.280. The minimum Gasteiger partial charge on any atom is -0.457 e. The largest absolute Gasteiger partial charge is 0.457 e. The second kappa shape index (κ2) is 12.4. The maximum atomic E-state index is 7.91. The third kappa shape index (κ3) is 5.01. The van der Waals surface area contributed by atoms with Gasteiger partial charge in [-0.2, -0.15) is 0 Å². The molecular formula is C46H34N6O. The number of imidazole rings is 1. The van der Waals surface area contributed by atoms with Crippen LogP contribution in [0, 0.1) is 13.1 Å².